The summed E-state index contributed by atoms with van der Waals surface area (Å²) in [6, 6.07) is 6.07. The molecule has 0 aromatic heterocycles. The average Bonchev–Trinajstić information content (AvgIpc) is 2.16. The highest BCUT2D eigenvalue weighted by Gasteiger charge is 2.16. The maximum Gasteiger partial charge on any atom is 0.341 e. The zero-order valence-corrected chi connectivity index (χ0v) is 10.6. The fourth-order valence-corrected chi connectivity index (χ4v) is 2.41. The summed E-state index contributed by atoms with van der Waals surface area (Å²) in [6.45, 7) is 3.43. The molecule has 0 aliphatic heterocycles. The summed E-state index contributed by atoms with van der Waals surface area (Å²) in [6.07, 6.45) is -0.258. The molecule has 0 amide bonds. The number of rotatable bonds is 3. The van der Waals surface area contributed by atoms with Crippen LogP contribution in [0, 0.1) is 3.57 Å². The molecule has 1 rings (SSSR count). The smallest absolute Gasteiger partial charge is 0.341 e. The van der Waals surface area contributed by atoms with Crippen LogP contribution in [0.1, 0.15) is 24.2 Å². The molecule has 0 aliphatic carbocycles. The molecule has 0 bridgehead atoms. The van der Waals surface area contributed by atoms with Gasteiger partial charge in [-0.2, -0.15) is 0 Å². The van der Waals surface area contributed by atoms with Crippen molar-refractivity contribution in [3.05, 3.63) is 33.4 Å². The van der Waals surface area contributed by atoms with E-state index in [2.05, 4.69) is 0 Å². The molecule has 1 aromatic carbocycles. The van der Waals surface area contributed by atoms with Crippen LogP contribution in [0.5, 0.6) is 0 Å². The SMILES string of the molecule is CC(C)OC(=O)c1ccccc1I(=O)=O. The monoisotopic (exact) mass is 322 g/mol. The number of benzene rings is 1. The van der Waals surface area contributed by atoms with Crippen LogP contribution in [0.3, 0.4) is 0 Å². The number of hydrogen-bond donors (Lipinski definition) is 0. The van der Waals surface area contributed by atoms with Crippen LogP contribution in [0.25, 0.3) is 0 Å². The molecular weight excluding hydrogens is 311 g/mol. The molecule has 1 aromatic rings. The number of ether oxygens (including phenoxy) is 1. The summed E-state index contributed by atoms with van der Waals surface area (Å²) in [7, 11) is 0. The first-order chi connectivity index (χ1) is 7.02. The van der Waals surface area contributed by atoms with Crippen LogP contribution in [0.15, 0.2) is 24.3 Å². The predicted octanol–water partition coefficient (Wildman–Crippen LogP) is 2.62. The Kier molecular flexibility index (Phi) is 4.19. The Labute approximate surface area is 94.8 Å². The summed E-state index contributed by atoms with van der Waals surface area (Å²) in [5.74, 6) is -0.588. The Morgan fingerprint density at radius 2 is 1.87 bits per heavy atom. The molecule has 0 spiro atoms. The van der Waals surface area contributed by atoms with E-state index in [0.29, 0.717) is 0 Å². The minimum Gasteiger partial charge on any atom is -0.459 e. The first-order valence-corrected chi connectivity index (χ1v) is 7.21. The van der Waals surface area contributed by atoms with Gasteiger partial charge < -0.3 is 4.74 Å². The van der Waals surface area contributed by atoms with Gasteiger partial charge in [0.25, 0.3) is 0 Å². The number of carbonyl (C=O) groups is 1. The van der Waals surface area contributed by atoms with Crippen LogP contribution < -0.4 is 0 Å². The molecule has 0 aliphatic rings. The molecular formula is C10H11IO4. The van der Waals surface area contributed by atoms with Crippen LogP contribution in [-0.2, 0) is 10.9 Å². The number of esters is 1. The number of carbonyl (C=O) groups excluding carboxylic acids is 1. The highest BCUT2D eigenvalue weighted by atomic mass is 127. The second-order valence-corrected chi connectivity index (χ2v) is 5.55. The molecule has 82 valence electrons. The van der Waals surface area contributed by atoms with Gasteiger partial charge in [0.1, 0.15) is 0 Å². The first-order valence-electron chi connectivity index (χ1n) is 4.37. The Bertz CT molecular complexity index is 427. The number of halogens is 1. The molecule has 0 fully saturated rings. The highest BCUT2D eigenvalue weighted by Crippen LogP contribution is 2.22. The van der Waals surface area contributed by atoms with Crippen molar-refractivity contribution in [2.75, 3.05) is 0 Å². The standard InChI is InChI=1S/C10H11IO4/c1-7(2)15-10(12)8-5-3-4-6-9(8)11(13)14/h3-7H,1-2H3. The van der Waals surface area contributed by atoms with Crippen LogP contribution in [-0.4, -0.2) is 12.1 Å². The van der Waals surface area contributed by atoms with Gasteiger partial charge in [-0.15, -0.1) is 0 Å². The second kappa shape index (κ2) is 5.20. The lowest BCUT2D eigenvalue weighted by Crippen LogP contribution is -2.12. The van der Waals surface area contributed by atoms with Gasteiger partial charge in [0.15, 0.2) is 0 Å². The van der Waals surface area contributed by atoms with Gasteiger partial charge >= 0.3 is 25.8 Å². The van der Waals surface area contributed by atoms with Crippen LogP contribution in [0.4, 0.5) is 0 Å². The first kappa shape index (κ1) is 12.1. The van der Waals surface area contributed by atoms with Gasteiger partial charge in [-0.3, -0.25) is 0 Å². The third-order valence-corrected chi connectivity index (χ3v) is 3.49. The van der Waals surface area contributed by atoms with Crippen molar-refractivity contribution < 1.29 is 15.7 Å². The van der Waals surface area contributed by atoms with E-state index in [1.54, 1.807) is 26.0 Å². The van der Waals surface area contributed by atoms with Crippen molar-refractivity contribution in [1.29, 1.82) is 0 Å². The van der Waals surface area contributed by atoms with Crippen molar-refractivity contribution >= 4 is 25.8 Å². The third kappa shape index (κ3) is 3.26. The Morgan fingerprint density at radius 1 is 1.27 bits per heavy atom. The van der Waals surface area contributed by atoms with Crippen molar-refractivity contribution in [3.8, 4) is 0 Å². The third-order valence-electron chi connectivity index (χ3n) is 1.60. The molecule has 0 unspecified atom stereocenters. The fourth-order valence-electron chi connectivity index (χ4n) is 1.04. The zero-order chi connectivity index (χ0) is 11.4. The predicted molar refractivity (Wildman–Crippen MR) is 61.1 cm³/mol. The van der Waals surface area contributed by atoms with Crippen LogP contribution in [0.2, 0.25) is 0 Å². The summed E-state index contributed by atoms with van der Waals surface area (Å²) in [5, 5.41) is 0. The second-order valence-electron chi connectivity index (χ2n) is 3.15. The van der Waals surface area contributed by atoms with Crippen molar-refractivity contribution in [1.82, 2.24) is 0 Å². The van der Waals surface area contributed by atoms with Gasteiger partial charge in [0.2, 0.25) is 0 Å². The average molecular weight is 322 g/mol. The van der Waals surface area contributed by atoms with E-state index in [4.69, 9.17) is 4.74 Å². The lowest BCUT2D eigenvalue weighted by molar-refractivity contribution is 0.0376. The largest absolute Gasteiger partial charge is 0.459 e. The maximum absolute atomic E-state index is 11.5. The summed E-state index contributed by atoms with van der Waals surface area (Å²) >= 11 is -3.64. The van der Waals surface area contributed by atoms with Gasteiger partial charge in [0.05, 0.1) is 15.2 Å². The molecule has 5 heteroatoms. The molecule has 0 N–H and O–H groups in total. The summed E-state index contributed by atoms with van der Waals surface area (Å²) < 4.78 is 26.9. The minimum atomic E-state index is -3.64. The van der Waals surface area contributed by atoms with E-state index in [9.17, 15) is 10.9 Å². The molecule has 0 heterocycles. The minimum absolute atomic E-state index is 0.0901. The molecule has 0 atom stereocenters. The molecule has 0 saturated carbocycles. The summed E-state index contributed by atoms with van der Waals surface area (Å²) in [4.78, 5) is 11.5. The topological polar surface area (TPSA) is 60.4 Å². The summed E-state index contributed by atoms with van der Waals surface area (Å²) in [5.41, 5.74) is 0.126. The Morgan fingerprint density at radius 3 is 2.40 bits per heavy atom. The molecule has 4 nitrogen and oxygen atoms in total. The fraction of sp³-hybridized carbons (Fsp3) is 0.300. The van der Waals surface area contributed by atoms with E-state index < -0.39 is 25.8 Å². The zero-order valence-electron chi connectivity index (χ0n) is 8.40. The molecule has 0 saturated heterocycles. The van der Waals surface area contributed by atoms with Gasteiger partial charge in [-0.1, -0.05) is 12.1 Å². The van der Waals surface area contributed by atoms with E-state index in [0.717, 1.165) is 0 Å². The van der Waals surface area contributed by atoms with Crippen LogP contribution >= 0.6 is 19.8 Å². The lowest BCUT2D eigenvalue weighted by Gasteiger charge is -2.08. The Balaban J connectivity index is 3.08. The molecule has 0 radical (unpaired) electrons. The van der Waals surface area contributed by atoms with Gasteiger partial charge in [-0.25, -0.2) is 10.9 Å². The highest BCUT2D eigenvalue weighted by molar-refractivity contribution is 14.2. The van der Waals surface area contributed by atoms with Crippen molar-refractivity contribution in [3.63, 3.8) is 0 Å². The Hall–Kier alpha value is -0.980. The van der Waals surface area contributed by atoms with E-state index >= 15 is 0 Å². The van der Waals surface area contributed by atoms with Crippen molar-refractivity contribution in [2.45, 2.75) is 20.0 Å². The van der Waals surface area contributed by atoms with E-state index in [1.165, 1.54) is 12.1 Å². The van der Waals surface area contributed by atoms with E-state index in [1.807, 2.05) is 0 Å². The van der Waals surface area contributed by atoms with Gasteiger partial charge in [-0.05, 0) is 26.0 Å². The van der Waals surface area contributed by atoms with E-state index in [-0.39, 0.29) is 15.2 Å². The normalized spacial score (nSPS) is 10.7. The number of hydrogen-bond acceptors (Lipinski definition) is 4. The lowest BCUT2D eigenvalue weighted by atomic mass is 10.2. The maximum atomic E-state index is 11.5. The molecule has 15 heavy (non-hydrogen) atoms. The van der Waals surface area contributed by atoms with Crippen molar-refractivity contribution in [2.24, 2.45) is 0 Å². The van der Waals surface area contributed by atoms with Gasteiger partial charge in [0, 0.05) is 0 Å². The quantitative estimate of drug-likeness (QED) is 0.634.